The third-order valence-corrected chi connectivity index (χ3v) is 5.08. The highest BCUT2D eigenvalue weighted by Crippen LogP contribution is 2.33. The van der Waals surface area contributed by atoms with E-state index in [1.165, 1.54) is 16.8 Å². The number of likely N-dealkylation sites (N-methyl/N-ethyl adjacent to an activating group) is 1. The number of rotatable bonds is 4. The van der Waals surface area contributed by atoms with E-state index < -0.39 is 0 Å². The SMILES string of the molecule is CN1CCc2ncnc(NC3CCCc4c3cnn4CCO)c2C1. The van der Waals surface area contributed by atoms with Crippen LogP contribution in [0.1, 0.15) is 41.4 Å². The van der Waals surface area contributed by atoms with Gasteiger partial charge in [-0.15, -0.1) is 0 Å². The van der Waals surface area contributed by atoms with Crippen LogP contribution in [-0.2, 0) is 25.9 Å². The molecule has 2 aliphatic rings. The zero-order chi connectivity index (χ0) is 16.5. The highest BCUT2D eigenvalue weighted by Gasteiger charge is 2.26. The van der Waals surface area contributed by atoms with E-state index in [1.807, 2.05) is 10.9 Å². The van der Waals surface area contributed by atoms with E-state index in [0.29, 0.717) is 6.54 Å². The average Bonchev–Trinajstić information content (AvgIpc) is 3.00. The van der Waals surface area contributed by atoms with Crippen LogP contribution in [0.4, 0.5) is 5.82 Å². The molecular formula is C17H24N6O. The first-order valence-electron chi connectivity index (χ1n) is 8.69. The molecule has 0 bridgehead atoms. The molecule has 2 aromatic heterocycles. The zero-order valence-electron chi connectivity index (χ0n) is 14.1. The average molecular weight is 328 g/mol. The predicted molar refractivity (Wildman–Crippen MR) is 90.7 cm³/mol. The summed E-state index contributed by atoms with van der Waals surface area (Å²) in [5.74, 6) is 0.958. The Kier molecular flexibility index (Phi) is 4.20. The van der Waals surface area contributed by atoms with Gasteiger partial charge >= 0.3 is 0 Å². The Morgan fingerprint density at radius 3 is 3.12 bits per heavy atom. The van der Waals surface area contributed by atoms with Gasteiger partial charge in [0, 0.05) is 36.3 Å². The Balaban J connectivity index is 1.62. The van der Waals surface area contributed by atoms with Crippen LogP contribution in [0.3, 0.4) is 0 Å². The lowest BCUT2D eigenvalue weighted by Crippen LogP contribution is -2.29. The van der Waals surface area contributed by atoms with E-state index in [-0.39, 0.29) is 12.6 Å². The first kappa shape index (κ1) is 15.5. The molecule has 7 heteroatoms. The zero-order valence-corrected chi connectivity index (χ0v) is 14.1. The van der Waals surface area contributed by atoms with Gasteiger partial charge < -0.3 is 15.3 Å². The van der Waals surface area contributed by atoms with E-state index in [2.05, 4.69) is 32.3 Å². The molecule has 24 heavy (non-hydrogen) atoms. The topological polar surface area (TPSA) is 79.1 Å². The quantitative estimate of drug-likeness (QED) is 0.876. The number of nitrogens with zero attached hydrogens (tertiary/aromatic N) is 5. The minimum atomic E-state index is 0.123. The number of anilines is 1. The third kappa shape index (κ3) is 2.78. The van der Waals surface area contributed by atoms with Gasteiger partial charge in [-0.25, -0.2) is 9.97 Å². The summed E-state index contributed by atoms with van der Waals surface area (Å²) in [5, 5.41) is 17.3. The molecule has 1 atom stereocenters. The number of aromatic nitrogens is 4. The van der Waals surface area contributed by atoms with Crippen molar-refractivity contribution in [1.29, 1.82) is 0 Å². The van der Waals surface area contributed by atoms with Crippen LogP contribution < -0.4 is 5.32 Å². The van der Waals surface area contributed by atoms with Crippen molar-refractivity contribution in [2.75, 3.05) is 25.5 Å². The van der Waals surface area contributed by atoms with Crippen molar-refractivity contribution >= 4 is 5.82 Å². The van der Waals surface area contributed by atoms with Crippen molar-refractivity contribution in [3.8, 4) is 0 Å². The van der Waals surface area contributed by atoms with Gasteiger partial charge in [0.2, 0.25) is 0 Å². The van der Waals surface area contributed by atoms with Gasteiger partial charge in [0.25, 0.3) is 0 Å². The highest BCUT2D eigenvalue weighted by atomic mass is 16.3. The molecule has 1 unspecified atom stereocenters. The van der Waals surface area contributed by atoms with Crippen molar-refractivity contribution in [1.82, 2.24) is 24.6 Å². The molecule has 0 aromatic carbocycles. The third-order valence-electron chi connectivity index (χ3n) is 5.08. The number of nitrogens with one attached hydrogen (secondary N) is 1. The molecule has 0 amide bonds. The largest absolute Gasteiger partial charge is 0.394 e. The highest BCUT2D eigenvalue weighted by molar-refractivity contribution is 5.49. The molecule has 2 N–H and O–H groups in total. The number of hydrogen-bond acceptors (Lipinski definition) is 6. The molecule has 1 aliphatic carbocycles. The van der Waals surface area contributed by atoms with Crippen molar-refractivity contribution < 1.29 is 5.11 Å². The number of hydrogen-bond donors (Lipinski definition) is 2. The molecular weight excluding hydrogens is 304 g/mol. The Morgan fingerprint density at radius 2 is 2.25 bits per heavy atom. The fourth-order valence-corrected chi connectivity index (χ4v) is 3.82. The first-order valence-corrected chi connectivity index (χ1v) is 8.69. The van der Waals surface area contributed by atoms with Gasteiger partial charge in [0.05, 0.1) is 31.1 Å². The summed E-state index contributed by atoms with van der Waals surface area (Å²) >= 11 is 0. The summed E-state index contributed by atoms with van der Waals surface area (Å²) in [6, 6.07) is 0.229. The van der Waals surface area contributed by atoms with Crippen LogP contribution in [0.5, 0.6) is 0 Å². The Hall–Kier alpha value is -1.99. The second-order valence-electron chi connectivity index (χ2n) is 6.72. The van der Waals surface area contributed by atoms with Gasteiger partial charge in [0.15, 0.2) is 0 Å². The molecule has 0 spiro atoms. The van der Waals surface area contributed by atoms with Gasteiger partial charge in [-0.1, -0.05) is 0 Å². The van der Waals surface area contributed by atoms with Crippen LogP contribution in [0.25, 0.3) is 0 Å². The van der Waals surface area contributed by atoms with E-state index in [0.717, 1.165) is 50.3 Å². The van der Waals surface area contributed by atoms with E-state index >= 15 is 0 Å². The summed E-state index contributed by atoms with van der Waals surface area (Å²) in [7, 11) is 2.14. The summed E-state index contributed by atoms with van der Waals surface area (Å²) in [4.78, 5) is 11.3. The summed E-state index contributed by atoms with van der Waals surface area (Å²) < 4.78 is 1.94. The van der Waals surface area contributed by atoms with Gasteiger partial charge in [-0.2, -0.15) is 5.10 Å². The van der Waals surface area contributed by atoms with E-state index in [9.17, 15) is 5.11 Å². The standard InChI is InChI=1S/C17H24N6O/c1-22-6-5-14-13(10-22)17(19-11-18-14)21-15-3-2-4-16-12(15)9-20-23(16)7-8-24/h9,11,15,24H,2-8,10H2,1H3,(H,18,19,21). The van der Waals surface area contributed by atoms with Crippen molar-refractivity contribution in [3.63, 3.8) is 0 Å². The first-order chi connectivity index (χ1) is 11.8. The number of aliphatic hydroxyl groups is 1. The Morgan fingerprint density at radius 1 is 1.33 bits per heavy atom. The maximum absolute atomic E-state index is 9.20. The van der Waals surface area contributed by atoms with E-state index in [1.54, 1.807) is 6.33 Å². The molecule has 0 saturated heterocycles. The van der Waals surface area contributed by atoms with Crippen molar-refractivity contribution in [2.45, 2.75) is 44.8 Å². The minimum Gasteiger partial charge on any atom is -0.394 e. The minimum absolute atomic E-state index is 0.123. The Bertz CT molecular complexity index is 728. The van der Waals surface area contributed by atoms with E-state index in [4.69, 9.17) is 0 Å². The molecule has 2 aromatic rings. The molecule has 0 radical (unpaired) electrons. The summed E-state index contributed by atoms with van der Waals surface area (Å²) in [6.45, 7) is 2.63. The Labute approximate surface area is 141 Å². The lowest BCUT2D eigenvalue weighted by molar-refractivity contribution is 0.266. The van der Waals surface area contributed by atoms with Crippen molar-refractivity contribution in [3.05, 3.63) is 35.0 Å². The fourth-order valence-electron chi connectivity index (χ4n) is 3.82. The number of fused-ring (bicyclic) bond motifs is 2. The molecule has 128 valence electrons. The molecule has 0 saturated carbocycles. The maximum Gasteiger partial charge on any atom is 0.134 e. The lowest BCUT2D eigenvalue weighted by Gasteiger charge is -2.29. The predicted octanol–water partition coefficient (Wildman–Crippen LogP) is 1.14. The molecule has 1 aliphatic heterocycles. The van der Waals surface area contributed by atoms with Crippen LogP contribution in [0.2, 0.25) is 0 Å². The second-order valence-corrected chi connectivity index (χ2v) is 6.72. The van der Waals surface area contributed by atoms with Crippen LogP contribution in [0, 0.1) is 0 Å². The molecule has 4 rings (SSSR count). The normalized spacial score (nSPS) is 20.5. The van der Waals surface area contributed by atoms with Crippen LogP contribution in [-0.4, -0.2) is 50.0 Å². The van der Waals surface area contributed by atoms with Gasteiger partial charge in [-0.3, -0.25) is 4.68 Å². The fraction of sp³-hybridized carbons (Fsp3) is 0.588. The van der Waals surface area contributed by atoms with Gasteiger partial charge in [0.1, 0.15) is 12.1 Å². The van der Waals surface area contributed by atoms with Crippen LogP contribution >= 0.6 is 0 Å². The van der Waals surface area contributed by atoms with Crippen LogP contribution in [0.15, 0.2) is 12.5 Å². The molecule has 7 nitrogen and oxygen atoms in total. The van der Waals surface area contributed by atoms with Crippen molar-refractivity contribution in [2.24, 2.45) is 0 Å². The summed E-state index contributed by atoms with van der Waals surface area (Å²) in [5.41, 5.74) is 4.87. The monoisotopic (exact) mass is 328 g/mol. The summed E-state index contributed by atoms with van der Waals surface area (Å²) in [6.07, 6.45) is 7.82. The molecule has 3 heterocycles. The van der Waals surface area contributed by atoms with Gasteiger partial charge in [-0.05, 0) is 26.3 Å². The number of aliphatic hydroxyl groups excluding tert-OH is 1. The second kappa shape index (κ2) is 6.49. The molecule has 0 fully saturated rings. The lowest BCUT2D eigenvalue weighted by atomic mass is 9.92. The maximum atomic E-state index is 9.20. The smallest absolute Gasteiger partial charge is 0.134 e.